The molecule has 4 rings (SSSR count). The largest absolute Gasteiger partial charge is 0.368 e. The third-order valence-corrected chi connectivity index (χ3v) is 5.60. The van der Waals surface area contributed by atoms with Crippen molar-refractivity contribution in [3.63, 3.8) is 0 Å². The topological polar surface area (TPSA) is 73.1 Å². The Balaban J connectivity index is 1.42. The molecule has 1 fully saturated rings. The van der Waals surface area contributed by atoms with Gasteiger partial charge in [-0.25, -0.2) is 14.1 Å². The quantitative estimate of drug-likeness (QED) is 0.592. The number of hydrogen-bond donors (Lipinski definition) is 0. The average Bonchev–Trinajstić information content (AvgIpc) is 3.10. The molecule has 0 spiro atoms. The van der Waals surface area contributed by atoms with Crippen molar-refractivity contribution in [3.05, 3.63) is 76.4 Å². The van der Waals surface area contributed by atoms with Crippen LogP contribution in [-0.4, -0.2) is 50.3 Å². The van der Waals surface area contributed by atoms with E-state index in [9.17, 15) is 9.18 Å². The van der Waals surface area contributed by atoms with Crippen molar-refractivity contribution in [2.45, 2.75) is 46.3 Å². The first kappa shape index (κ1) is 22.1. The van der Waals surface area contributed by atoms with Gasteiger partial charge >= 0.3 is 0 Å². The van der Waals surface area contributed by atoms with E-state index in [0.29, 0.717) is 44.9 Å². The van der Waals surface area contributed by atoms with Crippen LogP contribution in [0.1, 0.15) is 46.7 Å². The van der Waals surface area contributed by atoms with Crippen LogP contribution >= 0.6 is 0 Å². The second-order valence-electron chi connectivity index (χ2n) is 8.22. The van der Waals surface area contributed by atoms with Crippen LogP contribution in [0.15, 0.2) is 36.4 Å². The van der Waals surface area contributed by atoms with Crippen LogP contribution in [0, 0.1) is 26.6 Å². The minimum absolute atomic E-state index is 0.0741. The molecule has 0 bridgehead atoms. The highest BCUT2D eigenvalue weighted by atomic mass is 19.1. The standard InChI is InChI=1S/C24H28FN5O2/c1-16-12-20(13-19-4-6-21(25)7-5-19)14-22(26-16)23-15-29(10-11-32-23)24(31)8-9-30-18(3)27-17(2)28-30/h4-7,12,14,23H,8-11,13,15H2,1-3H3/t23-/m1/s1. The summed E-state index contributed by atoms with van der Waals surface area (Å²) in [6, 6.07) is 10.6. The second-order valence-corrected chi connectivity index (χ2v) is 8.22. The van der Waals surface area contributed by atoms with Crippen LogP contribution in [0.3, 0.4) is 0 Å². The fraction of sp³-hybridized carbons (Fsp3) is 0.417. The normalized spacial score (nSPS) is 16.4. The Morgan fingerprint density at radius 2 is 1.91 bits per heavy atom. The molecule has 0 N–H and O–H groups in total. The van der Waals surface area contributed by atoms with E-state index >= 15 is 0 Å². The lowest BCUT2D eigenvalue weighted by atomic mass is 10.0. The van der Waals surface area contributed by atoms with E-state index < -0.39 is 0 Å². The molecule has 1 saturated heterocycles. The Morgan fingerprint density at radius 3 is 2.62 bits per heavy atom. The van der Waals surface area contributed by atoms with E-state index in [1.807, 2.05) is 37.8 Å². The van der Waals surface area contributed by atoms with Crippen LogP contribution in [0.4, 0.5) is 4.39 Å². The molecule has 1 amide bonds. The Morgan fingerprint density at radius 1 is 1.12 bits per heavy atom. The van der Waals surface area contributed by atoms with Crippen molar-refractivity contribution in [2.24, 2.45) is 0 Å². The van der Waals surface area contributed by atoms with Crippen molar-refractivity contribution in [1.82, 2.24) is 24.6 Å². The monoisotopic (exact) mass is 437 g/mol. The van der Waals surface area contributed by atoms with Crippen LogP contribution in [0.25, 0.3) is 0 Å². The highest BCUT2D eigenvalue weighted by Crippen LogP contribution is 2.24. The van der Waals surface area contributed by atoms with Gasteiger partial charge in [-0.3, -0.25) is 9.78 Å². The van der Waals surface area contributed by atoms with Gasteiger partial charge in [-0.1, -0.05) is 12.1 Å². The molecule has 2 aromatic heterocycles. The summed E-state index contributed by atoms with van der Waals surface area (Å²) in [4.78, 5) is 23.6. The molecule has 3 heterocycles. The summed E-state index contributed by atoms with van der Waals surface area (Å²) in [5, 5.41) is 4.33. The molecule has 168 valence electrons. The summed E-state index contributed by atoms with van der Waals surface area (Å²) in [5.74, 6) is 1.36. The Bertz CT molecular complexity index is 1100. The molecular formula is C24H28FN5O2. The number of nitrogens with zero attached hydrogens (tertiary/aromatic N) is 5. The fourth-order valence-electron chi connectivity index (χ4n) is 4.06. The van der Waals surface area contributed by atoms with Gasteiger partial charge in [0.15, 0.2) is 0 Å². The molecule has 1 aromatic carbocycles. The molecule has 1 atom stereocenters. The van der Waals surface area contributed by atoms with E-state index in [4.69, 9.17) is 4.74 Å². The van der Waals surface area contributed by atoms with Gasteiger partial charge in [0, 0.05) is 18.7 Å². The lowest BCUT2D eigenvalue weighted by molar-refractivity contribution is -0.139. The lowest BCUT2D eigenvalue weighted by Crippen LogP contribution is -2.42. The van der Waals surface area contributed by atoms with Gasteiger partial charge in [0.1, 0.15) is 23.6 Å². The number of morpholine rings is 1. The zero-order valence-corrected chi connectivity index (χ0v) is 18.7. The molecule has 0 aliphatic carbocycles. The van der Waals surface area contributed by atoms with Gasteiger partial charge in [-0.15, -0.1) is 0 Å². The number of aromatic nitrogens is 4. The van der Waals surface area contributed by atoms with E-state index in [2.05, 4.69) is 15.1 Å². The molecule has 0 unspecified atom stereocenters. The van der Waals surface area contributed by atoms with Gasteiger partial charge in [0.2, 0.25) is 5.91 Å². The maximum atomic E-state index is 13.2. The van der Waals surface area contributed by atoms with Crippen LogP contribution in [0.5, 0.6) is 0 Å². The van der Waals surface area contributed by atoms with Crippen LogP contribution in [0.2, 0.25) is 0 Å². The molecule has 8 heteroatoms. The van der Waals surface area contributed by atoms with E-state index in [-0.39, 0.29) is 17.8 Å². The summed E-state index contributed by atoms with van der Waals surface area (Å²) >= 11 is 0. The second kappa shape index (κ2) is 9.56. The average molecular weight is 438 g/mol. The third-order valence-electron chi connectivity index (χ3n) is 5.60. The minimum atomic E-state index is -0.269. The number of rotatable bonds is 6. The highest BCUT2D eigenvalue weighted by molar-refractivity contribution is 5.76. The fourth-order valence-corrected chi connectivity index (χ4v) is 4.06. The molecule has 1 aliphatic heterocycles. The van der Waals surface area contributed by atoms with Gasteiger partial charge in [0.05, 0.1) is 25.4 Å². The molecule has 32 heavy (non-hydrogen) atoms. The summed E-state index contributed by atoms with van der Waals surface area (Å²) in [6.45, 7) is 7.71. The molecule has 1 aliphatic rings. The lowest BCUT2D eigenvalue weighted by Gasteiger charge is -2.33. The first-order valence-electron chi connectivity index (χ1n) is 10.9. The van der Waals surface area contributed by atoms with Crippen molar-refractivity contribution < 1.29 is 13.9 Å². The Kier molecular flexibility index (Phi) is 6.60. The van der Waals surface area contributed by atoms with Gasteiger partial charge in [-0.05, 0) is 62.6 Å². The van der Waals surface area contributed by atoms with E-state index in [1.54, 1.807) is 16.8 Å². The number of pyridine rings is 1. The first-order chi connectivity index (χ1) is 15.4. The third kappa shape index (κ3) is 5.37. The summed E-state index contributed by atoms with van der Waals surface area (Å²) in [5.41, 5.74) is 3.83. The van der Waals surface area contributed by atoms with E-state index in [1.165, 1.54) is 12.1 Å². The van der Waals surface area contributed by atoms with Crippen molar-refractivity contribution in [2.75, 3.05) is 19.7 Å². The number of halogens is 1. The number of carbonyl (C=O) groups is 1. The number of aryl methyl sites for hydroxylation is 4. The van der Waals surface area contributed by atoms with Gasteiger partial charge in [0.25, 0.3) is 0 Å². The summed E-state index contributed by atoms with van der Waals surface area (Å²) in [6.07, 6.45) is 0.783. The van der Waals surface area contributed by atoms with Crippen LogP contribution < -0.4 is 0 Å². The minimum Gasteiger partial charge on any atom is -0.368 e. The Hall–Kier alpha value is -3.13. The summed E-state index contributed by atoms with van der Waals surface area (Å²) < 4.78 is 20.9. The molecular weight excluding hydrogens is 409 g/mol. The summed E-state index contributed by atoms with van der Waals surface area (Å²) in [7, 11) is 0. The van der Waals surface area contributed by atoms with Gasteiger partial charge < -0.3 is 9.64 Å². The maximum absolute atomic E-state index is 13.2. The maximum Gasteiger partial charge on any atom is 0.224 e. The van der Waals surface area contributed by atoms with Crippen molar-refractivity contribution in [1.29, 1.82) is 0 Å². The van der Waals surface area contributed by atoms with E-state index in [0.717, 1.165) is 28.3 Å². The SMILES string of the molecule is Cc1cc(Cc2ccc(F)cc2)cc([C@H]2CN(C(=O)CCn3nc(C)nc3C)CCO2)n1. The zero-order chi connectivity index (χ0) is 22.7. The van der Waals surface area contributed by atoms with Crippen molar-refractivity contribution >= 4 is 5.91 Å². The van der Waals surface area contributed by atoms with Crippen molar-refractivity contribution in [3.8, 4) is 0 Å². The number of hydrogen-bond acceptors (Lipinski definition) is 5. The highest BCUT2D eigenvalue weighted by Gasteiger charge is 2.26. The van der Waals surface area contributed by atoms with Crippen LogP contribution in [-0.2, 0) is 22.5 Å². The predicted octanol–water partition coefficient (Wildman–Crippen LogP) is 3.32. The molecule has 7 nitrogen and oxygen atoms in total. The number of benzene rings is 1. The number of ether oxygens (including phenoxy) is 1. The molecule has 3 aromatic rings. The number of carbonyl (C=O) groups excluding carboxylic acids is 1. The smallest absolute Gasteiger partial charge is 0.224 e. The molecule has 0 saturated carbocycles. The first-order valence-corrected chi connectivity index (χ1v) is 10.9. The number of amides is 1. The predicted molar refractivity (Wildman–Crippen MR) is 118 cm³/mol. The van der Waals surface area contributed by atoms with Gasteiger partial charge in [-0.2, -0.15) is 5.10 Å². The Labute approximate surface area is 187 Å². The zero-order valence-electron chi connectivity index (χ0n) is 18.7. The molecule has 0 radical (unpaired) electrons.